The average molecular weight is 621 g/mol. The van der Waals surface area contributed by atoms with Crippen LogP contribution in [0.3, 0.4) is 0 Å². The number of amides is 2. The minimum atomic E-state index is -5.94. The molecule has 0 saturated heterocycles. The van der Waals surface area contributed by atoms with Crippen molar-refractivity contribution in [3.05, 3.63) is 75.5 Å². The second-order valence-corrected chi connectivity index (χ2v) is 9.89. The normalized spacial score (nSPS) is 13.4. The highest BCUT2D eigenvalue weighted by atomic mass is 35.5. The van der Waals surface area contributed by atoms with Crippen LogP contribution < -0.4 is 10.6 Å². The fraction of sp³-hybridized carbons (Fsp3) is 0.280. The van der Waals surface area contributed by atoms with Gasteiger partial charge in [-0.2, -0.15) is 37.1 Å². The van der Waals surface area contributed by atoms with Crippen LogP contribution in [0.1, 0.15) is 56.3 Å². The SMILES string of the molecule is Cc1cc(C#N)cc(C(=O)NC2CC2)c1NC(=O)c1cc(Cn2nnc(C(F)(F)C(F)(F)F)n2)nn1-c1ncccc1Cl. The summed E-state index contributed by atoms with van der Waals surface area (Å²) in [5.74, 6) is -8.54. The van der Waals surface area contributed by atoms with E-state index in [9.17, 15) is 36.8 Å². The highest BCUT2D eigenvalue weighted by Gasteiger charge is 2.62. The van der Waals surface area contributed by atoms with Crippen molar-refractivity contribution >= 4 is 29.1 Å². The molecule has 0 spiro atoms. The van der Waals surface area contributed by atoms with Crippen molar-refractivity contribution in [1.29, 1.82) is 5.26 Å². The molecular formula is C25H18ClF5N10O2. The highest BCUT2D eigenvalue weighted by Crippen LogP contribution is 2.41. The number of alkyl halides is 5. The quantitative estimate of drug-likeness (QED) is 0.281. The molecule has 3 heterocycles. The van der Waals surface area contributed by atoms with Gasteiger partial charge in [0.2, 0.25) is 0 Å². The third-order valence-electron chi connectivity index (χ3n) is 6.19. The maximum Gasteiger partial charge on any atom is 0.461 e. The van der Waals surface area contributed by atoms with Gasteiger partial charge < -0.3 is 10.6 Å². The summed E-state index contributed by atoms with van der Waals surface area (Å²) in [4.78, 5) is 31.2. The molecule has 1 aliphatic carbocycles. The van der Waals surface area contributed by atoms with Gasteiger partial charge in [-0.3, -0.25) is 9.59 Å². The van der Waals surface area contributed by atoms with Crippen molar-refractivity contribution in [3.63, 3.8) is 0 Å². The number of benzene rings is 1. The van der Waals surface area contributed by atoms with E-state index in [0.29, 0.717) is 10.4 Å². The van der Waals surface area contributed by atoms with Gasteiger partial charge in [0.05, 0.1) is 33.6 Å². The predicted molar refractivity (Wildman–Crippen MR) is 138 cm³/mol. The van der Waals surface area contributed by atoms with Crippen LogP contribution in [0.25, 0.3) is 5.82 Å². The van der Waals surface area contributed by atoms with Crippen molar-refractivity contribution in [2.75, 3.05) is 5.32 Å². The Morgan fingerprint density at radius 1 is 1.14 bits per heavy atom. The lowest BCUT2D eigenvalue weighted by atomic mass is 10.0. The summed E-state index contributed by atoms with van der Waals surface area (Å²) in [5.41, 5.74) is 0.494. The molecule has 222 valence electrons. The first-order valence-corrected chi connectivity index (χ1v) is 12.8. The summed E-state index contributed by atoms with van der Waals surface area (Å²) in [6.07, 6.45) is -2.98. The molecule has 0 atom stereocenters. The van der Waals surface area contributed by atoms with Crippen LogP contribution in [-0.2, 0) is 12.5 Å². The van der Waals surface area contributed by atoms with Gasteiger partial charge in [0.15, 0.2) is 5.82 Å². The summed E-state index contributed by atoms with van der Waals surface area (Å²) in [6.45, 7) is 1.02. The third kappa shape index (κ3) is 6.00. The van der Waals surface area contributed by atoms with Gasteiger partial charge in [0.1, 0.15) is 12.2 Å². The number of nitrogens with zero attached hydrogens (tertiary/aromatic N) is 8. The smallest absolute Gasteiger partial charge is 0.349 e. The van der Waals surface area contributed by atoms with Crippen molar-refractivity contribution in [2.45, 2.75) is 44.5 Å². The van der Waals surface area contributed by atoms with E-state index in [-0.39, 0.29) is 45.1 Å². The first-order valence-electron chi connectivity index (χ1n) is 12.4. The topological polar surface area (TPSA) is 156 Å². The summed E-state index contributed by atoms with van der Waals surface area (Å²) in [6, 6.07) is 8.94. The van der Waals surface area contributed by atoms with Gasteiger partial charge >= 0.3 is 12.1 Å². The minimum absolute atomic E-state index is 0.0142. The number of nitriles is 1. The Morgan fingerprint density at radius 2 is 1.88 bits per heavy atom. The second-order valence-electron chi connectivity index (χ2n) is 9.49. The third-order valence-corrected chi connectivity index (χ3v) is 6.48. The van der Waals surface area contributed by atoms with Crippen LogP contribution in [0.15, 0.2) is 36.5 Å². The first kappa shape index (κ1) is 29.5. The monoisotopic (exact) mass is 620 g/mol. The maximum absolute atomic E-state index is 13.7. The molecule has 1 aromatic carbocycles. The number of halogens is 6. The molecule has 43 heavy (non-hydrogen) atoms. The molecular weight excluding hydrogens is 603 g/mol. The van der Waals surface area contributed by atoms with Gasteiger partial charge in [0.25, 0.3) is 17.6 Å². The number of aromatic nitrogens is 7. The first-order chi connectivity index (χ1) is 20.3. The van der Waals surface area contributed by atoms with E-state index in [1.54, 1.807) is 6.92 Å². The number of carbonyl (C=O) groups is 2. The molecule has 0 bridgehead atoms. The maximum atomic E-state index is 13.7. The van der Waals surface area contributed by atoms with E-state index in [0.717, 1.165) is 17.5 Å². The molecule has 12 nitrogen and oxygen atoms in total. The summed E-state index contributed by atoms with van der Waals surface area (Å²) < 4.78 is 66.5. The van der Waals surface area contributed by atoms with E-state index in [1.165, 1.54) is 36.5 Å². The number of pyridine rings is 1. The zero-order chi connectivity index (χ0) is 31.1. The average Bonchev–Trinajstić information content (AvgIpc) is 3.46. The fourth-order valence-corrected chi connectivity index (χ4v) is 4.14. The Hall–Kier alpha value is -4.98. The number of hydrogen-bond acceptors (Lipinski definition) is 8. The molecule has 2 amide bonds. The van der Waals surface area contributed by atoms with Crippen LogP contribution in [0.5, 0.6) is 0 Å². The molecule has 0 unspecified atom stereocenters. The minimum Gasteiger partial charge on any atom is -0.349 e. The highest BCUT2D eigenvalue weighted by molar-refractivity contribution is 6.32. The van der Waals surface area contributed by atoms with Crippen LogP contribution in [0.2, 0.25) is 5.02 Å². The molecule has 0 aliphatic heterocycles. The van der Waals surface area contributed by atoms with Gasteiger partial charge in [-0.05, 0) is 60.9 Å². The Morgan fingerprint density at radius 3 is 2.53 bits per heavy atom. The molecule has 1 saturated carbocycles. The molecule has 0 radical (unpaired) electrons. The summed E-state index contributed by atoms with van der Waals surface area (Å²) >= 11 is 6.27. The standard InChI is InChI=1S/C25H18ClF5N10O2/c1-12-7-13(10-32)8-16(21(42)34-14-4-5-14)19(12)35-22(43)18-9-15(37-41(18)20-17(26)3-2-6-33-20)11-40-38-23(36-39-40)24(27,28)25(29,30)31/h2-3,6-9,14H,4-5,11H2,1H3,(H,34,42)(H,35,43). The van der Waals surface area contributed by atoms with Crippen LogP contribution in [-0.4, -0.2) is 59.0 Å². The van der Waals surface area contributed by atoms with Gasteiger partial charge in [0, 0.05) is 12.2 Å². The molecule has 1 aliphatic rings. The molecule has 18 heteroatoms. The Kier molecular flexibility index (Phi) is 7.56. The van der Waals surface area contributed by atoms with E-state index < -0.39 is 36.3 Å². The number of aryl methyl sites for hydroxylation is 1. The van der Waals surface area contributed by atoms with Crippen molar-refractivity contribution in [2.24, 2.45) is 0 Å². The summed E-state index contributed by atoms with van der Waals surface area (Å²) in [7, 11) is 0. The number of hydrogen-bond donors (Lipinski definition) is 2. The molecule has 3 aromatic heterocycles. The van der Waals surface area contributed by atoms with E-state index in [1.807, 2.05) is 6.07 Å². The summed E-state index contributed by atoms with van der Waals surface area (Å²) in [5, 5.41) is 28.4. The van der Waals surface area contributed by atoms with Gasteiger partial charge in [-0.15, -0.1) is 10.2 Å². The lowest BCUT2D eigenvalue weighted by Gasteiger charge is -2.15. The van der Waals surface area contributed by atoms with Gasteiger partial charge in [-0.25, -0.2) is 9.67 Å². The van der Waals surface area contributed by atoms with Gasteiger partial charge in [-0.1, -0.05) is 11.6 Å². The number of carbonyl (C=O) groups excluding carboxylic acids is 2. The second kappa shape index (κ2) is 11.0. The Bertz CT molecular complexity index is 1770. The van der Waals surface area contributed by atoms with E-state index >= 15 is 0 Å². The van der Waals surface area contributed by atoms with E-state index in [2.05, 4.69) is 36.1 Å². The molecule has 4 aromatic rings. The van der Waals surface area contributed by atoms with Crippen molar-refractivity contribution < 1.29 is 31.5 Å². The Labute approximate surface area is 243 Å². The number of rotatable bonds is 8. The van der Waals surface area contributed by atoms with Crippen molar-refractivity contribution in [1.82, 2.24) is 40.3 Å². The fourth-order valence-electron chi connectivity index (χ4n) is 3.94. The lowest BCUT2D eigenvalue weighted by molar-refractivity contribution is -0.292. The van der Waals surface area contributed by atoms with E-state index in [4.69, 9.17) is 11.6 Å². The molecule has 1 fully saturated rings. The zero-order valence-electron chi connectivity index (χ0n) is 21.8. The largest absolute Gasteiger partial charge is 0.461 e. The predicted octanol–water partition coefficient (Wildman–Crippen LogP) is 3.93. The zero-order valence-corrected chi connectivity index (χ0v) is 22.6. The Balaban J connectivity index is 1.51. The molecule has 2 N–H and O–H groups in total. The van der Waals surface area contributed by atoms with Crippen LogP contribution in [0, 0.1) is 18.3 Å². The molecule has 5 rings (SSSR count). The number of nitrogens with one attached hydrogen (secondary N) is 2. The number of anilines is 1. The lowest BCUT2D eigenvalue weighted by Crippen LogP contribution is -2.35. The van der Waals surface area contributed by atoms with Crippen molar-refractivity contribution in [3.8, 4) is 11.9 Å². The van der Waals surface area contributed by atoms with Crippen LogP contribution in [0.4, 0.5) is 27.6 Å². The number of tetrazole rings is 1. The van der Waals surface area contributed by atoms with Crippen LogP contribution >= 0.6 is 11.6 Å².